The number of aryl methyl sites for hydroxylation is 1. The minimum absolute atomic E-state index is 0.171. The SMILES string of the molecule is COc1ccc(N2C(=S)N[C@@H](c3ccccn3)[C@@H]2c2cc(C)n(-n3cnnc3)c2C)c(OC)c1. The molecule has 4 heterocycles. The molecule has 0 amide bonds. The number of pyridine rings is 1. The summed E-state index contributed by atoms with van der Waals surface area (Å²) < 4.78 is 15.1. The van der Waals surface area contributed by atoms with Crippen LogP contribution in [0.1, 0.15) is 34.7 Å². The Morgan fingerprint density at radius 2 is 1.79 bits per heavy atom. The summed E-state index contributed by atoms with van der Waals surface area (Å²) in [6.07, 6.45) is 5.16. The molecule has 0 spiro atoms. The van der Waals surface area contributed by atoms with Gasteiger partial charge in [0.1, 0.15) is 24.2 Å². The third-order valence-corrected chi connectivity index (χ3v) is 6.45. The molecular formula is C24H25N7O2S. The number of ether oxygens (including phenoxy) is 2. The predicted octanol–water partition coefficient (Wildman–Crippen LogP) is 3.60. The van der Waals surface area contributed by atoms with E-state index in [1.165, 1.54) is 0 Å². The number of methoxy groups -OCH3 is 2. The van der Waals surface area contributed by atoms with Gasteiger partial charge in [-0.1, -0.05) is 6.07 Å². The van der Waals surface area contributed by atoms with E-state index in [1.54, 1.807) is 33.1 Å². The first kappa shape index (κ1) is 21.9. The average Bonchev–Trinajstić information content (AvgIpc) is 3.57. The molecule has 1 N–H and O–H groups in total. The number of aromatic nitrogens is 5. The molecule has 0 radical (unpaired) electrons. The van der Waals surface area contributed by atoms with Crippen molar-refractivity contribution in [1.82, 2.24) is 29.9 Å². The second-order valence-electron chi connectivity index (χ2n) is 8.01. The van der Waals surface area contributed by atoms with Crippen LogP contribution in [0.3, 0.4) is 0 Å². The van der Waals surface area contributed by atoms with Gasteiger partial charge in [0.25, 0.3) is 0 Å². The molecule has 9 nitrogen and oxygen atoms in total. The van der Waals surface area contributed by atoms with Crippen molar-refractivity contribution in [2.75, 3.05) is 19.1 Å². The first-order valence-corrected chi connectivity index (χ1v) is 11.2. The van der Waals surface area contributed by atoms with Crippen LogP contribution >= 0.6 is 12.2 Å². The van der Waals surface area contributed by atoms with E-state index in [1.807, 2.05) is 41.1 Å². The maximum Gasteiger partial charge on any atom is 0.174 e. The Kier molecular flexibility index (Phi) is 5.66. The van der Waals surface area contributed by atoms with E-state index in [9.17, 15) is 0 Å². The number of benzene rings is 1. The molecule has 4 aromatic rings. The summed E-state index contributed by atoms with van der Waals surface area (Å²) in [4.78, 5) is 6.75. The molecular weight excluding hydrogens is 450 g/mol. The summed E-state index contributed by atoms with van der Waals surface area (Å²) in [5, 5.41) is 12.0. The molecule has 10 heteroatoms. The highest BCUT2D eigenvalue weighted by molar-refractivity contribution is 7.80. The van der Waals surface area contributed by atoms with Gasteiger partial charge in [0.05, 0.1) is 37.7 Å². The summed E-state index contributed by atoms with van der Waals surface area (Å²) in [6.45, 7) is 4.15. The fraction of sp³-hybridized carbons (Fsp3) is 0.250. The molecule has 34 heavy (non-hydrogen) atoms. The Balaban J connectivity index is 1.70. The van der Waals surface area contributed by atoms with Crippen LogP contribution in [0.25, 0.3) is 0 Å². The lowest BCUT2D eigenvalue weighted by atomic mass is 9.96. The van der Waals surface area contributed by atoms with Crippen LogP contribution < -0.4 is 19.7 Å². The van der Waals surface area contributed by atoms with E-state index in [2.05, 4.69) is 50.0 Å². The molecule has 3 aromatic heterocycles. The van der Waals surface area contributed by atoms with Crippen molar-refractivity contribution in [2.45, 2.75) is 25.9 Å². The van der Waals surface area contributed by atoms with Crippen molar-refractivity contribution in [1.29, 1.82) is 0 Å². The van der Waals surface area contributed by atoms with Crippen LogP contribution in [0, 0.1) is 13.8 Å². The number of nitrogens with zero attached hydrogens (tertiary/aromatic N) is 6. The number of rotatable bonds is 6. The molecule has 1 saturated heterocycles. The summed E-state index contributed by atoms with van der Waals surface area (Å²) in [5.41, 5.74) is 4.95. The van der Waals surface area contributed by atoms with Crippen LogP contribution in [0.4, 0.5) is 5.69 Å². The number of thiocarbonyl (C=S) groups is 1. The second-order valence-corrected chi connectivity index (χ2v) is 8.40. The van der Waals surface area contributed by atoms with Crippen LogP contribution in [-0.4, -0.2) is 43.9 Å². The van der Waals surface area contributed by atoms with Crippen molar-refractivity contribution in [2.24, 2.45) is 0 Å². The zero-order valence-corrected chi connectivity index (χ0v) is 20.2. The van der Waals surface area contributed by atoms with Crippen molar-refractivity contribution in [3.8, 4) is 11.5 Å². The highest BCUT2D eigenvalue weighted by Crippen LogP contribution is 2.46. The lowest BCUT2D eigenvalue weighted by Gasteiger charge is -2.29. The molecule has 1 fully saturated rings. The Morgan fingerprint density at radius 1 is 1.00 bits per heavy atom. The Labute approximate surface area is 202 Å². The van der Waals surface area contributed by atoms with Crippen molar-refractivity contribution < 1.29 is 9.47 Å². The fourth-order valence-electron chi connectivity index (χ4n) is 4.65. The monoisotopic (exact) mass is 475 g/mol. The van der Waals surface area contributed by atoms with Crippen molar-refractivity contribution in [3.05, 3.63) is 84.0 Å². The predicted molar refractivity (Wildman–Crippen MR) is 132 cm³/mol. The van der Waals surface area contributed by atoms with E-state index in [0.29, 0.717) is 16.6 Å². The molecule has 0 bridgehead atoms. The van der Waals surface area contributed by atoms with Gasteiger partial charge in [-0.15, -0.1) is 10.2 Å². The Hall–Kier alpha value is -3.92. The summed E-state index contributed by atoms with van der Waals surface area (Å²) >= 11 is 5.88. The first-order valence-electron chi connectivity index (χ1n) is 10.8. The molecule has 0 saturated carbocycles. The average molecular weight is 476 g/mol. The van der Waals surface area contributed by atoms with Crippen LogP contribution in [0.15, 0.2) is 61.3 Å². The molecule has 1 aliphatic heterocycles. The van der Waals surface area contributed by atoms with Gasteiger partial charge in [-0.2, -0.15) is 0 Å². The summed E-state index contributed by atoms with van der Waals surface area (Å²) in [5.74, 6) is 1.38. The molecule has 0 unspecified atom stereocenters. The maximum atomic E-state index is 5.88. The molecule has 1 aromatic carbocycles. The highest BCUT2D eigenvalue weighted by Gasteiger charge is 2.43. The molecule has 0 aliphatic carbocycles. The second kappa shape index (κ2) is 8.79. The van der Waals surface area contributed by atoms with Crippen LogP contribution in [-0.2, 0) is 0 Å². The normalized spacial score (nSPS) is 17.6. The molecule has 174 valence electrons. The molecule has 5 rings (SSSR count). The molecule has 2 atom stereocenters. The lowest BCUT2D eigenvalue weighted by Crippen LogP contribution is -2.30. The Bertz CT molecular complexity index is 1320. The van der Waals surface area contributed by atoms with Gasteiger partial charge < -0.3 is 19.7 Å². The van der Waals surface area contributed by atoms with Gasteiger partial charge in [0.15, 0.2) is 5.11 Å². The highest BCUT2D eigenvalue weighted by atomic mass is 32.1. The molecule has 1 aliphatic rings. The summed E-state index contributed by atoms with van der Waals surface area (Å²) in [7, 11) is 3.28. The van der Waals surface area contributed by atoms with E-state index in [4.69, 9.17) is 21.7 Å². The standard InChI is InChI=1S/C24H25N7O2S/c1-15-11-18(16(2)31(15)29-13-26-27-14-29)23-22(19-7-5-6-10-25-19)28-24(34)30(23)20-9-8-17(32-3)12-21(20)33-4/h5-14,22-23H,1-4H3,(H,28,34)/t22-,23-/m0/s1. The smallest absolute Gasteiger partial charge is 0.174 e. The van der Waals surface area contributed by atoms with Gasteiger partial charge >= 0.3 is 0 Å². The zero-order chi connectivity index (χ0) is 23.8. The van der Waals surface area contributed by atoms with Gasteiger partial charge in [-0.3, -0.25) is 9.66 Å². The van der Waals surface area contributed by atoms with E-state index in [0.717, 1.165) is 28.3 Å². The van der Waals surface area contributed by atoms with Crippen molar-refractivity contribution in [3.63, 3.8) is 0 Å². The van der Waals surface area contributed by atoms with Crippen LogP contribution in [0.5, 0.6) is 11.5 Å². The Morgan fingerprint density at radius 3 is 2.47 bits per heavy atom. The van der Waals surface area contributed by atoms with Crippen LogP contribution in [0.2, 0.25) is 0 Å². The largest absolute Gasteiger partial charge is 0.497 e. The zero-order valence-electron chi connectivity index (χ0n) is 19.3. The minimum Gasteiger partial charge on any atom is -0.497 e. The van der Waals surface area contributed by atoms with Gasteiger partial charge in [0.2, 0.25) is 0 Å². The van der Waals surface area contributed by atoms with Crippen molar-refractivity contribution >= 4 is 23.0 Å². The first-order chi connectivity index (χ1) is 16.5. The fourth-order valence-corrected chi connectivity index (χ4v) is 4.98. The maximum absolute atomic E-state index is 5.88. The van der Waals surface area contributed by atoms with Gasteiger partial charge in [-0.25, -0.2) is 4.68 Å². The van der Waals surface area contributed by atoms with E-state index in [-0.39, 0.29) is 12.1 Å². The van der Waals surface area contributed by atoms with Gasteiger partial charge in [0, 0.05) is 29.2 Å². The lowest BCUT2D eigenvalue weighted by molar-refractivity contribution is 0.394. The third kappa shape index (κ3) is 3.56. The number of hydrogen-bond acceptors (Lipinski definition) is 6. The number of anilines is 1. The quantitative estimate of drug-likeness (QED) is 0.424. The van der Waals surface area contributed by atoms with E-state index >= 15 is 0 Å². The number of hydrogen-bond donors (Lipinski definition) is 1. The number of nitrogens with one attached hydrogen (secondary N) is 1. The van der Waals surface area contributed by atoms with E-state index < -0.39 is 0 Å². The third-order valence-electron chi connectivity index (χ3n) is 6.13. The van der Waals surface area contributed by atoms with Gasteiger partial charge in [-0.05, 0) is 56.4 Å². The topological polar surface area (TPSA) is 82.3 Å². The minimum atomic E-state index is -0.180. The summed E-state index contributed by atoms with van der Waals surface area (Å²) in [6, 6.07) is 13.5.